The Kier molecular flexibility index (Phi) is 3.19. The van der Waals surface area contributed by atoms with E-state index in [1.54, 1.807) is 5.56 Å². The van der Waals surface area contributed by atoms with Gasteiger partial charge in [0, 0.05) is 6.04 Å². The molecular formula is C16H23N. The lowest BCUT2D eigenvalue weighted by Gasteiger charge is -2.30. The molecule has 0 aromatic heterocycles. The van der Waals surface area contributed by atoms with E-state index in [0.717, 1.165) is 23.8 Å². The third-order valence-electron chi connectivity index (χ3n) is 4.71. The predicted molar refractivity (Wildman–Crippen MR) is 72.1 cm³/mol. The molecule has 2 aliphatic rings. The minimum Gasteiger partial charge on any atom is -0.314 e. The number of piperidine rings is 1. The van der Waals surface area contributed by atoms with Crippen molar-refractivity contribution in [2.24, 2.45) is 11.8 Å². The maximum Gasteiger partial charge on any atom is 0.0104 e. The van der Waals surface area contributed by atoms with Crippen molar-refractivity contribution in [3.05, 3.63) is 35.9 Å². The lowest BCUT2D eigenvalue weighted by Crippen LogP contribution is -2.39. The van der Waals surface area contributed by atoms with Crippen LogP contribution in [0.25, 0.3) is 0 Å². The van der Waals surface area contributed by atoms with Crippen molar-refractivity contribution in [3.8, 4) is 0 Å². The molecule has 1 aromatic rings. The van der Waals surface area contributed by atoms with E-state index >= 15 is 0 Å². The Labute approximate surface area is 105 Å². The normalized spacial score (nSPS) is 36.8. The molecule has 1 N–H and O–H groups in total. The third-order valence-corrected chi connectivity index (χ3v) is 4.71. The van der Waals surface area contributed by atoms with E-state index in [0.29, 0.717) is 0 Å². The number of benzene rings is 1. The molecule has 1 heteroatoms. The highest BCUT2D eigenvalue weighted by atomic mass is 14.9. The molecule has 0 bridgehead atoms. The van der Waals surface area contributed by atoms with Gasteiger partial charge in [0.2, 0.25) is 0 Å². The molecule has 0 radical (unpaired) electrons. The second-order valence-corrected chi connectivity index (χ2v) is 5.78. The van der Waals surface area contributed by atoms with Crippen molar-refractivity contribution in [3.63, 3.8) is 0 Å². The highest BCUT2D eigenvalue weighted by Gasteiger charge is 2.44. The zero-order valence-corrected chi connectivity index (χ0v) is 10.7. The van der Waals surface area contributed by atoms with E-state index in [4.69, 9.17) is 0 Å². The van der Waals surface area contributed by atoms with Gasteiger partial charge in [-0.25, -0.2) is 0 Å². The zero-order chi connectivity index (χ0) is 11.7. The lowest BCUT2D eigenvalue weighted by molar-refractivity contribution is 0.273. The summed E-state index contributed by atoms with van der Waals surface area (Å²) in [5.74, 6) is 2.72. The van der Waals surface area contributed by atoms with Crippen molar-refractivity contribution < 1.29 is 0 Å². The second kappa shape index (κ2) is 4.81. The maximum absolute atomic E-state index is 3.75. The molecule has 4 unspecified atom stereocenters. The van der Waals surface area contributed by atoms with Gasteiger partial charge >= 0.3 is 0 Å². The van der Waals surface area contributed by atoms with Gasteiger partial charge in [0.15, 0.2) is 0 Å². The van der Waals surface area contributed by atoms with Gasteiger partial charge in [0.1, 0.15) is 0 Å². The molecule has 1 saturated heterocycles. The van der Waals surface area contributed by atoms with Gasteiger partial charge < -0.3 is 5.32 Å². The summed E-state index contributed by atoms with van der Waals surface area (Å²) in [6, 6.07) is 11.9. The van der Waals surface area contributed by atoms with E-state index in [1.165, 1.54) is 32.2 Å². The van der Waals surface area contributed by atoms with Gasteiger partial charge in [-0.15, -0.1) is 0 Å². The molecule has 92 valence electrons. The summed E-state index contributed by atoms with van der Waals surface area (Å²) in [7, 11) is 0. The summed E-state index contributed by atoms with van der Waals surface area (Å²) < 4.78 is 0. The molecule has 3 rings (SSSR count). The average molecular weight is 229 g/mol. The standard InChI is InChI=1S/C16H23N/c1-2-12-8-9-17-16(10-12)15-11-14(15)13-6-4-3-5-7-13/h3-7,12,14-17H,2,8-11H2,1H3. The van der Waals surface area contributed by atoms with Crippen LogP contribution in [0.15, 0.2) is 30.3 Å². The Morgan fingerprint density at radius 3 is 2.76 bits per heavy atom. The van der Waals surface area contributed by atoms with Gasteiger partial charge in [0.25, 0.3) is 0 Å². The van der Waals surface area contributed by atoms with Gasteiger partial charge in [-0.3, -0.25) is 0 Å². The highest BCUT2D eigenvalue weighted by Crippen LogP contribution is 2.51. The fourth-order valence-electron chi connectivity index (χ4n) is 3.47. The molecule has 4 atom stereocenters. The molecule has 1 nitrogen and oxygen atoms in total. The molecule has 1 aromatic carbocycles. The Morgan fingerprint density at radius 2 is 2.00 bits per heavy atom. The quantitative estimate of drug-likeness (QED) is 0.835. The van der Waals surface area contributed by atoms with Gasteiger partial charge in [-0.05, 0) is 49.1 Å². The summed E-state index contributed by atoms with van der Waals surface area (Å²) in [5, 5.41) is 3.75. The van der Waals surface area contributed by atoms with Crippen LogP contribution in [-0.4, -0.2) is 12.6 Å². The van der Waals surface area contributed by atoms with Crippen LogP contribution in [0, 0.1) is 11.8 Å². The summed E-state index contributed by atoms with van der Waals surface area (Å²) in [6.07, 6.45) is 5.55. The van der Waals surface area contributed by atoms with Crippen LogP contribution in [0.1, 0.15) is 44.1 Å². The van der Waals surface area contributed by atoms with E-state index < -0.39 is 0 Å². The largest absolute Gasteiger partial charge is 0.314 e. The minimum absolute atomic E-state index is 0.791. The first-order chi connectivity index (χ1) is 8.38. The smallest absolute Gasteiger partial charge is 0.0104 e. The number of hydrogen-bond acceptors (Lipinski definition) is 1. The highest BCUT2D eigenvalue weighted by molar-refractivity contribution is 5.26. The third kappa shape index (κ3) is 2.40. The fourth-order valence-corrected chi connectivity index (χ4v) is 3.47. The first-order valence-corrected chi connectivity index (χ1v) is 7.16. The summed E-state index contributed by atoms with van der Waals surface area (Å²) in [5.41, 5.74) is 1.55. The minimum atomic E-state index is 0.791. The Bertz CT molecular complexity index is 359. The zero-order valence-electron chi connectivity index (χ0n) is 10.7. The number of nitrogens with one attached hydrogen (secondary N) is 1. The van der Waals surface area contributed by atoms with Crippen LogP contribution in [-0.2, 0) is 0 Å². The number of hydrogen-bond donors (Lipinski definition) is 1. The summed E-state index contributed by atoms with van der Waals surface area (Å²) >= 11 is 0. The molecule has 1 heterocycles. The Balaban J connectivity index is 1.61. The van der Waals surface area contributed by atoms with Crippen LogP contribution in [0.4, 0.5) is 0 Å². The van der Waals surface area contributed by atoms with Crippen molar-refractivity contribution >= 4 is 0 Å². The van der Waals surface area contributed by atoms with Crippen molar-refractivity contribution in [1.29, 1.82) is 0 Å². The van der Waals surface area contributed by atoms with E-state index in [1.807, 2.05) is 0 Å². The van der Waals surface area contributed by atoms with E-state index in [9.17, 15) is 0 Å². The van der Waals surface area contributed by atoms with Crippen LogP contribution < -0.4 is 5.32 Å². The van der Waals surface area contributed by atoms with E-state index in [-0.39, 0.29) is 0 Å². The molecule has 1 aliphatic carbocycles. The van der Waals surface area contributed by atoms with Crippen LogP contribution in [0.2, 0.25) is 0 Å². The van der Waals surface area contributed by atoms with Crippen LogP contribution in [0.5, 0.6) is 0 Å². The van der Waals surface area contributed by atoms with Gasteiger partial charge in [-0.2, -0.15) is 0 Å². The molecule has 1 aliphatic heterocycles. The van der Waals surface area contributed by atoms with Crippen molar-refractivity contribution in [2.45, 2.75) is 44.6 Å². The molecule has 0 spiro atoms. The summed E-state index contributed by atoms with van der Waals surface area (Å²) in [4.78, 5) is 0. The van der Waals surface area contributed by atoms with Gasteiger partial charge in [-0.1, -0.05) is 43.7 Å². The fraction of sp³-hybridized carbons (Fsp3) is 0.625. The lowest BCUT2D eigenvalue weighted by atomic mass is 9.87. The molecule has 0 amide bonds. The molecule has 17 heavy (non-hydrogen) atoms. The maximum atomic E-state index is 3.75. The van der Waals surface area contributed by atoms with E-state index in [2.05, 4.69) is 42.6 Å². The molecule has 2 fully saturated rings. The Hall–Kier alpha value is -0.820. The molecular weight excluding hydrogens is 206 g/mol. The van der Waals surface area contributed by atoms with Crippen LogP contribution >= 0.6 is 0 Å². The Morgan fingerprint density at radius 1 is 1.18 bits per heavy atom. The predicted octanol–water partition coefficient (Wildman–Crippen LogP) is 3.57. The SMILES string of the molecule is CCC1CCNC(C2CC2c2ccccc2)C1. The molecule has 1 saturated carbocycles. The van der Waals surface area contributed by atoms with Crippen molar-refractivity contribution in [1.82, 2.24) is 5.32 Å². The van der Waals surface area contributed by atoms with Gasteiger partial charge in [0.05, 0.1) is 0 Å². The first kappa shape index (κ1) is 11.3. The average Bonchev–Trinajstić information content (AvgIpc) is 3.20. The first-order valence-electron chi connectivity index (χ1n) is 7.16. The van der Waals surface area contributed by atoms with Crippen molar-refractivity contribution in [2.75, 3.05) is 6.54 Å². The number of rotatable bonds is 3. The second-order valence-electron chi connectivity index (χ2n) is 5.78. The summed E-state index contributed by atoms with van der Waals surface area (Å²) in [6.45, 7) is 3.58. The monoisotopic (exact) mass is 229 g/mol. The van der Waals surface area contributed by atoms with Crippen LogP contribution in [0.3, 0.4) is 0 Å². The topological polar surface area (TPSA) is 12.0 Å².